The van der Waals surface area contributed by atoms with Crippen molar-refractivity contribution in [1.29, 1.82) is 0 Å². The van der Waals surface area contributed by atoms with Crippen LogP contribution >= 0.6 is 23.2 Å². The molecule has 0 bridgehead atoms. The number of aryl methyl sites for hydroxylation is 1. The van der Waals surface area contributed by atoms with Gasteiger partial charge in [0, 0.05) is 6.20 Å². The van der Waals surface area contributed by atoms with Crippen LogP contribution in [0.1, 0.15) is 18.2 Å². The SMILES string of the molecule is CCc1c(Cl)cnc(C)c1Cl. The van der Waals surface area contributed by atoms with Gasteiger partial charge in [0.2, 0.25) is 0 Å². The highest BCUT2D eigenvalue weighted by atomic mass is 35.5. The van der Waals surface area contributed by atoms with E-state index in [1.165, 1.54) is 0 Å². The molecule has 0 aliphatic carbocycles. The van der Waals surface area contributed by atoms with Crippen molar-refractivity contribution >= 4 is 23.2 Å². The average molecular weight is 190 g/mol. The van der Waals surface area contributed by atoms with Gasteiger partial charge in [-0.1, -0.05) is 30.1 Å². The van der Waals surface area contributed by atoms with E-state index < -0.39 is 0 Å². The molecule has 1 heterocycles. The maximum Gasteiger partial charge on any atom is 0.0665 e. The summed E-state index contributed by atoms with van der Waals surface area (Å²) in [5.41, 5.74) is 1.83. The summed E-state index contributed by atoms with van der Waals surface area (Å²) in [6.45, 7) is 3.89. The van der Waals surface area contributed by atoms with E-state index in [0.29, 0.717) is 10.0 Å². The van der Waals surface area contributed by atoms with E-state index in [1.807, 2.05) is 13.8 Å². The van der Waals surface area contributed by atoms with Crippen molar-refractivity contribution in [3.63, 3.8) is 0 Å². The lowest BCUT2D eigenvalue weighted by molar-refractivity contribution is 1.09. The summed E-state index contributed by atoms with van der Waals surface area (Å²) >= 11 is 11.8. The molecule has 0 aromatic carbocycles. The predicted molar refractivity (Wildman–Crippen MR) is 48.4 cm³/mol. The lowest BCUT2D eigenvalue weighted by Gasteiger charge is -2.04. The third-order valence-corrected chi connectivity index (χ3v) is 2.42. The highest BCUT2D eigenvalue weighted by Gasteiger charge is 2.06. The van der Waals surface area contributed by atoms with Crippen molar-refractivity contribution in [2.45, 2.75) is 20.3 Å². The van der Waals surface area contributed by atoms with Gasteiger partial charge in [0.05, 0.1) is 15.7 Å². The van der Waals surface area contributed by atoms with E-state index in [2.05, 4.69) is 4.98 Å². The fraction of sp³-hybridized carbons (Fsp3) is 0.375. The summed E-state index contributed by atoms with van der Waals surface area (Å²) in [4.78, 5) is 4.02. The maximum absolute atomic E-state index is 5.95. The Balaban J connectivity index is 3.29. The van der Waals surface area contributed by atoms with Crippen molar-refractivity contribution in [1.82, 2.24) is 4.98 Å². The lowest BCUT2D eigenvalue weighted by Crippen LogP contribution is -1.90. The van der Waals surface area contributed by atoms with Crippen LogP contribution in [0.3, 0.4) is 0 Å². The van der Waals surface area contributed by atoms with Gasteiger partial charge in [0.1, 0.15) is 0 Å². The number of hydrogen-bond donors (Lipinski definition) is 0. The predicted octanol–water partition coefficient (Wildman–Crippen LogP) is 3.26. The molecule has 0 saturated heterocycles. The summed E-state index contributed by atoms with van der Waals surface area (Å²) in [5.74, 6) is 0. The molecule has 0 fully saturated rings. The minimum absolute atomic E-state index is 0.656. The monoisotopic (exact) mass is 189 g/mol. The van der Waals surface area contributed by atoms with Gasteiger partial charge in [-0.25, -0.2) is 0 Å². The molecule has 0 atom stereocenters. The molecule has 1 aromatic heterocycles. The summed E-state index contributed by atoms with van der Waals surface area (Å²) in [6.07, 6.45) is 2.49. The molecular formula is C8H9Cl2N. The van der Waals surface area contributed by atoms with Gasteiger partial charge in [-0.3, -0.25) is 4.98 Å². The van der Waals surface area contributed by atoms with Crippen molar-refractivity contribution in [2.24, 2.45) is 0 Å². The number of aromatic nitrogens is 1. The second-order valence-corrected chi connectivity index (χ2v) is 3.12. The number of nitrogens with zero attached hydrogens (tertiary/aromatic N) is 1. The fourth-order valence-corrected chi connectivity index (χ4v) is 1.54. The van der Waals surface area contributed by atoms with E-state index in [1.54, 1.807) is 6.20 Å². The molecule has 0 radical (unpaired) electrons. The van der Waals surface area contributed by atoms with Gasteiger partial charge in [-0.2, -0.15) is 0 Å². The van der Waals surface area contributed by atoms with Crippen molar-refractivity contribution in [3.05, 3.63) is 27.5 Å². The highest BCUT2D eigenvalue weighted by molar-refractivity contribution is 6.36. The first-order chi connectivity index (χ1) is 5.16. The van der Waals surface area contributed by atoms with Gasteiger partial charge in [0.25, 0.3) is 0 Å². The molecule has 60 valence electrons. The number of rotatable bonds is 1. The quantitative estimate of drug-likeness (QED) is 0.662. The highest BCUT2D eigenvalue weighted by Crippen LogP contribution is 2.25. The van der Waals surface area contributed by atoms with Crippen molar-refractivity contribution in [2.75, 3.05) is 0 Å². The molecular weight excluding hydrogens is 181 g/mol. The van der Waals surface area contributed by atoms with Gasteiger partial charge >= 0.3 is 0 Å². The van der Waals surface area contributed by atoms with Crippen molar-refractivity contribution < 1.29 is 0 Å². The van der Waals surface area contributed by atoms with Crippen LogP contribution < -0.4 is 0 Å². The number of pyridine rings is 1. The number of hydrogen-bond acceptors (Lipinski definition) is 1. The zero-order valence-corrected chi connectivity index (χ0v) is 8.00. The molecule has 0 aliphatic heterocycles. The molecule has 1 aromatic rings. The second kappa shape index (κ2) is 3.42. The van der Waals surface area contributed by atoms with Crippen LogP contribution in [0, 0.1) is 6.92 Å². The maximum atomic E-state index is 5.95. The molecule has 0 N–H and O–H groups in total. The summed E-state index contributed by atoms with van der Waals surface area (Å²) < 4.78 is 0. The van der Waals surface area contributed by atoms with Gasteiger partial charge in [-0.05, 0) is 18.9 Å². The average Bonchev–Trinajstić information content (AvgIpc) is 1.99. The van der Waals surface area contributed by atoms with Crippen LogP contribution in [0.4, 0.5) is 0 Å². The standard InChI is InChI=1S/C8H9Cl2N/c1-3-6-7(9)4-11-5(2)8(6)10/h4H,3H2,1-2H3. The van der Waals surface area contributed by atoms with Gasteiger partial charge in [0.15, 0.2) is 0 Å². The normalized spacial score (nSPS) is 10.2. The fourth-order valence-electron chi connectivity index (χ4n) is 0.935. The summed E-state index contributed by atoms with van der Waals surface area (Å²) in [5, 5.41) is 1.35. The zero-order valence-electron chi connectivity index (χ0n) is 6.49. The Kier molecular flexibility index (Phi) is 2.74. The third kappa shape index (κ3) is 1.66. The molecule has 0 unspecified atom stereocenters. The smallest absolute Gasteiger partial charge is 0.0665 e. The van der Waals surface area contributed by atoms with Crippen LogP contribution in [-0.4, -0.2) is 4.98 Å². The molecule has 0 aliphatic rings. The van der Waals surface area contributed by atoms with Gasteiger partial charge in [-0.15, -0.1) is 0 Å². The molecule has 0 amide bonds. The molecule has 1 nitrogen and oxygen atoms in total. The lowest BCUT2D eigenvalue weighted by atomic mass is 10.2. The Labute approximate surface area is 76.4 Å². The molecule has 3 heteroatoms. The van der Waals surface area contributed by atoms with E-state index in [9.17, 15) is 0 Å². The Morgan fingerprint density at radius 2 is 2.09 bits per heavy atom. The zero-order chi connectivity index (χ0) is 8.43. The molecule has 1 rings (SSSR count). The van der Waals surface area contributed by atoms with E-state index >= 15 is 0 Å². The first-order valence-electron chi connectivity index (χ1n) is 3.46. The minimum Gasteiger partial charge on any atom is -0.258 e. The Bertz CT molecular complexity index is 271. The van der Waals surface area contributed by atoms with Crippen LogP contribution in [-0.2, 0) is 6.42 Å². The van der Waals surface area contributed by atoms with E-state index in [0.717, 1.165) is 17.7 Å². The Morgan fingerprint density at radius 1 is 1.45 bits per heavy atom. The Hall–Kier alpha value is -0.270. The largest absolute Gasteiger partial charge is 0.258 e. The van der Waals surface area contributed by atoms with Crippen LogP contribution in [0.25, 0.3) is 0 Å². The van der Waals surface area contributed by atoms with E-state index in [4.69, 9.17) is 23.2 Å². The number of halogens is 2. The third-order valence-electron chi connectivity index (χ3n) is 1.60. The molecule has 0 spiro atoms. The minimum atomic E-state index is 0.656. The first kappa shape index (κ1) is 8.82. The summed E-state index contributed by atoms with van der Waals surface area (Å²) in [6, 6.07) is 0. The van der Waals surface area contributed by atoms with Crippen LogP contribution in [0.15, 0.2) is 6.20 Å². The summed E-state index contributed by atoms with van der Waals surface area (Å²) in [7, 11) is 0. The second-order valence-electron chi connectivity index (χ2n) is 2.34. The topological polar surface area (TPSA) is 12.9 Å². The van der Waals surface area contributed by atoms with Crippen LogP contribution in [0.2, 0.25) is 10.0 Å². The molecule has 11 heavy (non-hydrogen) atoms. The van der Waals surface area contributed by atoms with Crippen molar-refractivity contribution in [3.8, 4) is 0 Å². The molecule has 0 saturated carbocycles. The van der Waals surface area contributed by atoms with Crippen LogP contribution in [0.5, 0.6) is 0 Å². The Morgan fingerprint density at radius 3 is 2.55 bits per heavy atom. The van der Waals surface area contributed by atoms with Gasteiger partial charge < -0.3 is 0 Å². The first-order valence-corrected chi connectivity index (χ1v) is 4.22. The van der Waals surface area contributed by atoms with E-state index in [-0.39, 0.29) is 0 Å².